The monoisotopic (exact) mass is 313 g/mol. The van der Waals surface area contributed by atoms with E-state index in [1.54, 1.807) is 0 Å². The second kappa shape index (κ2) is 6.86. The van der Waals surface area contributed by atoms with Gasteiger partial charge in [0.2, 0.25) is 0 Å². The zero-order chi connectivity index (χ0) is 11.1. The Morgan fingerprint density at radius 1 is 1.33 bits per heavy atom. The Balaban J connectivity index is 2.41. The standard InChI is InChI=1S/C13H16IN/c1-3-4-5-10-15-11(2)12-6-8-13(14)9-7-12/h6-9,11,15H,5,10H2,1-2H3. The number of rotatable bonds is 4. The van der Waals surface area contributed by atoms with Crippen LogP contribution in [0.1, 0.15) is 31.9 Å². The molecule has 0 aliphatic heterocycles. The van der Waals surface area contributed by atoms with Gasteiger partial charge in [-0.25, -0.2) is 0 Å². The van der Waals surface area contributed by atoms with Crippen LogP contribution < -0.4 is 5.32 Å². The molecule has 2 heteroatoms. The van der Waals surface area contributed by atoms with Gasteiger partial charge in [0, 0.05) is 22.6 Å². The summed E-state index contributed by atoms with van der Waals surface area (Å²) in [6.07, 6.45) is 0.922. The first-order valence-electron chi connectivity index (χ1n) is 5.12. The normalized spacial score (nSPS) is 11.7. The third-order valence-corrected chi connectivity index (χ3v) is 2.97. The van der Waals surface area contributed by atoms with Crippen LogP contribution in [0, 0.1) is 15.4 Å². The van der Waals surface area contributed by atoms with Gasteiger partial charge in [0.15, 0.2) is 0 Å². The van der Waals surface area contributed by atoms with Crippen LogP contribution in [0.4, 0.5) is 0 Å². The Morgan fingerprint density at radius 2 is 2.00 bits per heavy atom. The van der Waals surface area contributed by atoms with E-state index in [2.05, 4.69) is 70.9 Å². The molecule has 1 nitrogen and oxygen atoms in total. The van der Waals surface area contributed by atoms with E-state index in [4.69, 9.17) is 0 Å². The minimum absolute atomic E-state index is 0.403. The Hall–Kier alpha value is -0.530. The fourth-order valence-corrected chi connectivity index (χ4v) is 1.71. The van der Waals surface area contributed by atoms with Gasteiger partial charge in [0.1, 0.15) is 0 Å². The Bertz CT molecular complexity index is 345. The van der Waals surface area contributed by atoms with E-state index >= 15 is 0 Å². The van der Waals surface area contributed by atoms with Crippen molar-refractivity contribution in [3.8, 4) is 11.8 Å². The van der Waals surface area contributed by atoms with Crippen molar-refractivity contribution >= 4 is 22.6 Å². The van der Waals surface area contributed by atoms with Crippen LogP contribution in [0.3, 0.4) is 0 Å². The average Bonchev–Trinajstić information content (AvgIpc) is 2.25. The summed E-state index contributed by atoms with van der Waals surface area (Å²) in [4.78, 5) is 0. The van der Waals surface area contributed by atoms with E-state index < -0.39 is 0 Å². The van der Waals surface area contributed by atoms with Crippen LogP contribution >= 0.6 is 22.6 Å². The van der Waals surface area contributed by atoms with Crippen LogP contribution in [-0.2, 0) is 0 Å². The molecule has 0 aromatic heterocycles. The molecule has 1 aromatic rings. The quantitative estimate of drug-likeness (QED) is 0.511. The largest absolute Gasteiger partial charge is 0.309 e. The van der Waals surface area contributed by atoms with E-state index in [9.17, 15) is 0 Å². The van der Waals surface area contributed by atoms with Crippen molar-refractivity contribution in [1.82, 2.24) is 5.32 Å². The molecule has 1 unspecified atom stereocenters. The second-order valence-corrected chi connectivity index (χ2v) is 4.65. The Kier molecular flexibility index (Phi) is 5.74. The topological polar surface area (TPSA) is 12.0 Å². The predicted molar refractivity (Wildman–Crippen MR) is 73.6 cm³/mol. The zero-order valence-corrected chi connectivity index (χ0v) is 11.3. The van der Waals surface area contributed by atoms with Crippen molar-refractivity contribution < 1.29 is 0 Å². The highest BCUT2D eigenvalue weighted by Crippen LogP contribution is 2.14. The lowest BCUT2D eigenvalue weighted by Crippen LogP contribution is -2.19. The lowest BCUT2D eigenvalue weighted by Gasteiger charge is -2.13. The summed E-state index contributed by atoms with van der Waals surface area (Å²) in [7, 11) is 0. The maximum Gasteiger partial charge on any atom is 0.0292 e. The molecule has 0 spiro atoms. The summed E-state index contributed by atoms with van der Waals surface area (Å²) < 4.78 is 1.28. The summed E-state index contributed by atoms with van der Waals surface area (Å²) in [6.45, 7) is 5.01. The van der Waals surface area contributed by atoms with Crippen molar-refractivity contribution in [2.45, 2.75) is 26.3 Å². The van der Waals surface area contributed by atoms with Crippen molar-refractivity contribution in [3.63, 3.8) is 0 Å². The fourth-order valence-electron chi connectivity index (χ4n) is 1.35. The maximum atomic E-state index is 3.45. The van der Waals surface area contributed by atoms with Crippen LogP contribution in [-0.4, -0.2) is 6.54 Å². The molecule has 1 aromatic carbocycles. The van der Waals surface area contributed by atoms with E-state index in [0.29, 0.717) is 6.04 Å². The van der Waals surface area contributed by atoms with E-state index in [0.717, 1.165) is 13.0 Å². The maximum absolute atomic E-state index is 3.45. The predicted octanol–water partition coefficient (Wildman–Crippen LogP) is 3.36. The highest BCUT2D eigenvalue weighted by molar-refractivity contribution is 14.1. The molecule has 0 saturated carbocycles. The van der Waals surface area contributed by atoms with Gasteiger partial charge < -0.3 is 5.32 Å². The SMILES string of the molecule is CC#CCCNC(C)c1ccc(I)cc1. The lowest BCUT2D eigenvalue weighted by molar-refractivity contribution is 0.584. The highest BCUT2D eigenvalue weighted by Gasteiger charge is 2.02. The molecule has 1 rings (SSSR count). The molecule has 1 N–H and O–H groups in total. The molecule has 15 heavy (non-hydrogen) atoms. The molecule has 80 valence electrons. The fraction of sp³-hybridized carbons (Fsp3) is 0.385. The molecular formula is C13H16IN. The molecule has 0 bridgehead atoms. The Labute approximate surface area is 106 Å². The van der Waals surface area contributed by atoms with Crippen molar-refractivity contribution in [2.75, 3.05) is 6.54 Å². The number of hydrogen-bond donors (Lipinski definition) is 1. The summed E-state index contributed by atoms with van der Waals surface area (Å²) in [6, 6.07) is 9.02. The third-order valence-electron chi connectivity index (χ3n) is 2.25. The molecule has 1 atom stereocenters. The van der Waals surface area contributed by atoms with Crippen LogP contribution in [0.25, 0.3) is 0 Å². The van der Waals surface area contributed by atoms with Crippen LogP contribution in [0.2, 0.25) is 0 Å². The van der Waals surface area contributed by atoms with Crippen molar-refractivity contribution in [3.05, 3.63) is 33.4 Å². The van der Waals surface area contributed by atoms with Gasteiger partial charge >= 0.3 is 0 Å². The van der Waals surface area contributed by atoms with Crippen molar-refractivity contribution in [2.24, 2.45) is 0 Å². The first-order chi connectivity index (χ1) is 7.24. The average molecular weight is 313 g/mol. The second-order valence-electron chi connectivity index (χ2n) is 3.40. The summed E-state index contributed by atoms with van der Waals surface area (Å²) in [5.74, 6) is 5.95. The van der Waals surface area contributed by atoms with Gasteiger partial charge in [-0.3, -0.25) is 0 Å². The Morgan fingerprint density at radius 3 is 2.60 bits per heavy atom. The molecule has 0 fully saturated rings. The summed E-state index contributed by atoms with van der Waals surface area (Å²) in [5, 5.41) is 3.45. The van der Waals surface area contributed by atoms with Crippen LogP contribution in [0.15, 0.2) is 24.3 Å². The smallest absolute Gasteiger partial charge is 0.0292 e. The van der Waals surface area contributed by atoms with Gasteiger partial charge in [-0.2, -0.15) is 0 Å². The number of nitrogens with one attached hydrogen (secondary N) is 1. The van der Waals surface area contributed by atoms with E-state index in [1.807, 2.05) is 6.92 Å². The first-order valence-corrected chi connectivity index (χ1v) is 6.20. The molecular weight excluding hydrogens is 297 g/mol. The molecule has 0 heterocycles. The van der Waals surface area contributed by atoms with E-state index in [-0.39, 0.29) is 0 Å². The van der Waals surface area contributed by atoms with Gasteiger partial charge in [-0.15, -0.1) is 11.8 Å². The van der Waals surface area contributed by atoms with E-state index in [1.165, 1.54) is 9.13 Å². The molecule has 0 aliphatic rings. The van der Waals surface area contributed by atoms with Gasteiger partial charge in [0.05, 0.1) is 0 Å². The molecule has 0 amide bonds. The number of benzene rings is 1. The van der Waals surface area contributed by atoms with Gasteiger partial charge in [-0.1, -0.05) is 12.1 Å². The van der Waals surface area contributed by atoms with Gasteiger partial charge in [-0.05, 0) is 54.1 Å². The minimum Gasteiger partial charge on any atom is -0.309 e. The van der Waals surface area contributed by atoms with Crippen molar-refractivity contribution in [1.29, 1.82) is 0 Å². The summed E-state index contributed by atoms with van der Waals surface area (Å²) in [5.41, 5.74) is 1.33. The summed E-state index contributed by atoms with van der Waals surface area (Å²) >= 11 is 2.32. The number of halogens is 1. The highest BCUT2D eigenvalue weighted by atomic mass is 127. The zero-order valence-electron chi connectivity index (χ0n) is 9.18. The molecule has 0 aliphatic carbocycles. The van der Waals surface area contributed by atoms with Gasteiger partial charge in [0.25, 0.3) is 0 Å². The first kappa shape index (κ1) is 12.5. The molecule has 0 saturated heterocycles. The lowest BCUT2D eigenvalue weighted by atomic mass is 10.1. The van der Waals surface area contributed by atoms with Crippen LogP contribution in [0.5, 0.6) is 0 Å². The minimum atomic E-state index is 0.403. The number of hydrogen-bond acceptors (Lipinski definition) is 1. The third kappa shape index (κ3) is 4.67. The molecule has 0 radical (unpaired) electrons.